The van der Waals surface area contributed by atoms with Crippen LogP contribution >= 0.6 is 24.0 Å². The average molecular weight is 444 g/mol. The van der Waals surface area contributed by atoms with Crippen molar-refractivity contribution in [2.45, 2.75) is 26.7 Å². The molecule has 1 rings (SSSR count). The van der Waals surface area contributed by atoms with Gasteiger partial charge in [-0.25, -0.2) is 0 Å². The van der Waals surface area contributed by atoms with E-state index in [1.807, 2.05) is 37.3 Å². The minimum Gasteiger partial charge on any atom is -0.357 e. The zero-order chi connectivity index (χ0) is 16.9. The lowest BCUT2D eigenvalue weighted by Gasteiger charge is -2.11. The van der Waals surface area contributed by atoms with Gasteiger partial charge in [-0.15, -0.1) is 24.0 Å². The number of hydrogen-bond donors (Lipinski definition) is 3. The van der Waals surface area contributed by atoms with Gasteiger partial charge in [-0.2, -0.15) is 0 Å². The van der Waals surface area contributed by atoms with E-state index in [0.29, 0.717) is 5.56 Å². The molecule has 0 radical (unpaired) electrons. The van der Waals surface area contributed by atoms with Gasteiger partial charge < -0.3 is 16.0 Å². The van der Waals surface area contributed by atoms with Crippen molar-refractivity contribution < 1.29 is 4.79 Å². The van der Waals surface area contributed by atoms with Crippen molar-refractivity contribution in [3.8, 4) is 0 Å². The molecule has 5 nitrogen and oxygen atoms in total. The van der Waals surface area contributed by atoms with E-state index in [2.05, 4.69) is 33.9 Å². The summed E-state index contributed by atoms with van der Waals surface area (Å²) >= 11 is 0. The number of rotatable bonds is 8. The van der Waals surface area contributed by atoms with Crippen LogP contribution in [-0.2, 0) is 6.42 Å². The summed E-state index contributed by atoms with van der Waals surface area (Å²) in [6, 6.07) is 7.69. The average Bonchev–Trinajstić information content (AvgIpc) is 2.58. The summed E-state index contributed by atoms with van der Waals surface area (Å²) in [4.78, 5) is 16.2. The minimum atomic E-state index is -0.0568. The summed E-state index contributed by atoms with van der Waals surface area (Å²) in [5.41, 5.74) is 1.82. The molecule has 0 fully saturated rings. The maximum absolute atomic E-state index is 11.6. The summed E-state index contributed by atoms with van der Waals surface area (Å²) in [5.74, 6) is 0.776. The predicted molar refractivity (Wildman–Crippen MR) is 112 cm³/mol. The first-order chi connectivity index (χ1) is 11.2. The van der Waals surface area contributed by atoms with E-state index in [1.165, 1.54) is 0 Å². The SMILES string of the molecule is C/C=C/CCN=C(NCC)NCCc1cccc(C(=O)NC)c1.I. The van der Waals surface area contributed by atoms with Crippen molar-refractivity contribution in [2.24, 2.45) is 4.99 Å². The van der Waals surface area contributed by atoms with E-state index in [-0.39, 0.29) is 29.9 Å². The summed E-state index contributed by atoms with van der Waals surface area (Å²) in [5, 5.41) is 9.20. The highest BCUT2D eigenvalue weighted by atomic mass is 127. The molecule has 0 aliphatic carbocycles. The van der Waals surface area contributed by atoms with Crippen molar-refractivity contribution in [3.05, 3.63) is 47.5 Å². The standard InChI is InChI=1S/C18H28N4O.HI/c1-4-6-7-12-21-18(20-5-2)22-13-11-15-9-8-10-16(14-15)17(23)19-3;/h4,6,8-10,14H,5,7,11-13H2,1-3H3,(H,19,23)(H2,20,21,22);1H/b6-4+;. The molecule has 0 aliphatic heterocycles. The Labute approximate surface area is 162 Å². The molecule has 1 aromatic rings. The lowest BCUT2D eigenvalue weighted by atomic mass is 10.1. The van der Waals surface area contributed by atoms with Gasteiger partial charge in [-0.1, -0.05) is 24.3 Å². The van der Waals surface area contributed by atoms with Crippen molar-refractivity contribution in [3.63, 3.8) is 0 Å². The first-order valence-corrected chi connectivity index (χ1v) is 8.15. The molecular weight excluding hydrogens is 415 g/mol. The van der Waals surface area contributed by atoms with E-state index < -0.39 is 0 Å². The Morgan fingerprint density at radius 2 is 2.08 bits per heavy atom. The van der Waals surface area contributed by atoms with Gasteiger partial charge in [0.2, 0.25) is 0 Å². The number of carbonyl (C=O) groups is 1. The van der Waals surface area contributed by atoms with Gasteiger partial charge >= 0.3 is 0 Å². The Kier molecular flexibility index (Phi) is 12.9. The molecule has 24 heavy (non-hydrogen) atoms. The first kappa shape index (κ1) is 22.4. The fourth-order valence-electron chi connectivity index (χ4n) is 2.10. The molecule has 0 atom stereocenters. The van der Waals surface area contributed by atoms with Crippen LogP contribution in [-0.4, -0.2) is 38.5 Å². The van der Waals surface area contributed by atoms with Gasteiger partial charge in [-0.05, 0) is 44.4 Å². The number of amides is 1. The Bertz CT molecular complexity index is 544. The second-order valence-electron chi connectivity index (χ2n) is 5.07. The van der Waals surface area contributed by atoms with Crippen LogP contribution in [0.1, 0.15) is 36.2 Å². The number of aliphatic imine (C=N–C) groups is 1. The number of carbonyl (C=O) groups excluding carboxylic acids is 1. The predicted octanol–water partition coefficient (Wildman–Crippen LogP) is 2.73. The second-order valence-corrected chi connectivity index (χ2v) is 5.07. The fourth-order valence-corrected chi connectivity index (χ4v) is 2.10. The van der Waals surface area contributed by atoms with E-state index in [0.717, 1.165) is 44.0 Å². The molecule has 0 bridgehead atoms. The molecule has 6 heteroatoms. The number of nitrogens with zero attached hydrogens (tertiary/aromatic N) is 1. The molecule has 0 aliphatic rings. The van der Waals surface area contributed by atoms with Gasteiger partial charge in [0, 0.05) is 32.2 Å². The highest BCUT2D eigenvalue weighted by Crippen LogP contribution is 2.05. The normalized spacial score (nSPS) is 11.0. The first-order valence-electron chi connectivity index (χ1n) is 8.15. The molecule has 3 N–H and O–H groups in total. The lowest BCUT2D eigenvalue weighted by molar-refractivity contribution is 0.0963. The third kappa shape index (κ3) is 8.90. The third-order valence-corrected chi connectivity index (χ3v) is 3.27. The number of allylic oxidation sites excluding steroid dienone is 1. The molecule has 0 aromatic heterocycles. The van der Waals surface area contributed by atoms with Gasteiger partial charge in [0.25, 0.3) is 5.91 Å². The van der Waals surface area contributed by atoms with Gasteiger partial charge in [-0.3, -0.25) is 9.79 Å². The smallest absolute Gasteiger partial charge is 0.251 e. The monoisotopic (exact) mass is 444 g/mol. The van der Waals surface area contributed by atoms with Crippen LogP contribution in [0, 0.1) is 0 Å². The second kappa shape index (κ2) is 13.8. The number of hydrogen-bond acceptors (Lipinski definition) is 2. The molecule has 0 unspecified atom stereocenters. The van der Waals surface area contributed by atoms with Crippen LogP contribution in [0.3, 0.4) is 0 Å². The highest BCUT2D eigenvalue weighted by molar-refractivity contribution is 14.0. The summed E-state index contributed by atoms with van der Waals surface area (Å²) in [7, 11) is 1.64. The molecule has 0 saturated heterocycles. The van der Waals surface area contributed by atoms with Crippen LogP contribution in [0.2, 0.25) is 0 Å². The van der Waals surface area contributed by atoms with Crippen molar-refractivity contribution in [1.29, 1.82) is 0 Å². The minimum absolute atomic E-state index is 0. The Balaban J connectivity index is 0.00000529. The molecule has 1 amide bonds. The molecule has 134 valence electrons. The van der Waals surface area contributed by atoms with Crippen LogP contribution in [0.15, 0.2) is 41.4 Å². The fraction of sp³-hybridized carbons (Fsp3) is 0.444. The number of nitrogens with one attached hydrogen (secondary N) is 3. The Hall–Kier alpha value is -1.57. The largest absolute Gasteiger partial charge is 0.357 e. The highest BCUT2D eigenvalue weighted by Gasteiger charge is 2.04. The number of halogens is 1. The van der Waals surface area contributed by atoms with E-state index >= 15 is 0 Å². The topological polar surface area (TPSA) is 65.5 Å². The molecule has 1 aromatic carbocycles. The maximum Gasteiger partial charge on any atom is 0.251 e. The van der Waals surface area contributed by atoms with Crippen molar-refractivity contribution in [2.75, 3.05) is 26.7 Å². The zero-order valence-corrected chi connectivity index (χ0v) is 17.1. The molecule has 0 heterocycles. The van der Waals surface area contributed by atoms with Gasteiger partial charge in [0.05, 0.1) is 0 Å². The van der Waals surface area contributed by atoms with Crippen LogP contribution < -0.4 is 16.0 Å². The third-order valence-electron chi connectivity index (χ3n) is 3.27. The Morgan fingerprint density at radius 1 is 1.29 bits per heavy atom. The summed E-state index contributed by atoms with van der Waals surface area (Å²) in [6.45, 7) is 6.44. The van der Waals surface area contributed by atoms with Crippen molar-refractivity contribution >= 4 is 35.8 Å². The van der Waals surface area contributed by atoms with Crippen LogP contribution in [0.5, 0.6) is 0 Å². The van der Waals surface area contributed by atoms with Crippen LogP contribution in [0.4, 0.5) is 0 Å². The quantitative estimate of drug-likeness (QED) is 0.190. The van der Waals surface area contributed by atoms with E-state index in [1.54, 1.807) is 7.05 Å². The van der Waals surface area contributed by atoms with Gasteiger partial charge in [0.15, 0.2) is 5.96 Å². The lowest BCUT2D eigenvalue weighted by Crippen LogP contribution is -2.38. The summed E-state index contributed by atoms with van der Waals surface area (Å²) in [6.07, 6.45) is 5.93. The number of benzene rings is 1. The Morgan fingerprint density at radius 3 is 2.75 bits per heavy atom. The molecular formula is C18H29IN4O. The van der Waals surface area contributed by atoms with Crippen LogP contribution in [0.25, 0.3) is 0 Å². The van der Waals surface area contributed by atoms with Crippen molar-refractivity contribution in [1.82, 2.24) is 16.0 Å². The maximum atomic E-state index is 11.6. The number of guanidine groups is 1. The molecule has 0 saturated carbocycles. The summed E-state index contributed by atoms with van der Waals surface area (Å²) < 4.78 is 0. The van der Waals surface area contributed by atoms with Gasteiger partial charge in [0.1, 0.15) is 0 Å². The molecule has 0 spiro atoms. The van der Waals surface area contributed by atoms with E-state index in [9.17, 15) is 4.79 Å². The zero-order valence-electron chi connectivity index (χ0n) is 14.8. The van der Waals surface area contributed by atoms with E-state index in [4.69, 9.17) is 0 Å².